The van der Waals surface area contributed by atoms with Crippen molar-refractivity contribution in [1.82, 2.24) is 10.3 Å². The van der Waals surface area contributed by atoms with E-state index in [0.29, 0.717) is 29.9 Å². The molecule has 2 aliphatic heterocycles. The van der Waals surface area contributed by atoms with Crippen molar-refractivity contribution in [2.24, 2.45) is 20.9 Å². The van der Waals surface area contributed by atoms with E-state index in [2.05, 4.69) is 30.6 Å². The second-order valence-corrected chi connectivity index (χ2v) is 9.40. The van der Waals surface area contributed by atoms with Gasteiger partial charge in [0.15, 0.2) is 5.60 Å². The number of halogens is 1. The van der Waals surface area contributed by atoms with Gasteiger partial charge >= 0.3 is 0 Å². The van der Waals surface area contributed by atoms with Crippen molar-refractivity contribution in [3.05, 3.63) is 77.2 Å². The lowest BCUT2D eigenvalue weighted by atomic mass is 9.92. The molecule has 0 saturated heterocycles. The van der Waals surface area contributed by atoms with Crippen LogP contribution in [0.15, 0.2) is 81.5 Å². The maximum Gasteiger partial charge on any atom is 0.290 e. The van der Waals surface area contributed by atoms with Crippen molar-refractivity contribution in [3.63, 3.8) is 0 Å². The lowest BCUT2D eigenvalue weighted by Gasteiger charge is -2.29. The Labute approximate surface area is 214 Å². The van der Waals surface area contributed by atoms with Crippen LogP contribution in [0, 0.1) is 5.92 Å². The van der Waals surface area contributed by atoms with Gasteiger partial charge in [-0.15, -0.1) is 0 Å². The quantitative estimate of drug-likeness (QED) is 0.550. The third kappa shape index (κ3) is 5.27. The molecule has 0 saturated carbocycles. The van der Waals surface area contributed by atoms with Crippen LogP contribution in [0.2, 0.25) is 5.02 Å². The molecular formula is C26H27ClN6O3. The number of aliphatic hydroxyl groups is 1. The molecule has 9 nitrogen and oxygen atoms in total. The van der Waals surface area contributed by atoms with E-state index in [9.17, 15) is 5.11 Å². The molecule has 3 heterocycles. The Balaban J connectivity index is 1.25. The number of benzene rings is 1. The first kappa shape index (κ1) is 24.0. The van der Waals surface area contributed by atoms with Gasteiger partial charge in [-0.25, -0.2) is 9.98 Å². The number of anilines is 1. The zero-order valence-electron chi connectivity index (χ0n) is 19.9. The Morgan fingerprint density at radius 3 is 2.92 bits per heavy atom. The van der Waals surface area contributed by atoms with Crippen LogP contribution in [0.3, 0.4) is 0 Å². The molecule has 2 aromatic rings. The largest absolute Gasteiger partial charge is 0.486 e. The summed E-state index contributed by atoms with van der Waals surface area (Å²) in [7, 11) is 0. The highest BCUT2D eigenvalue weighted by Crippen LogP contribution is 2.30. The minimum atomic E-state index is -0.736. The maximum atomic E-state index is 9.97. The van der Waals surface area contributed by atoms with Crippen LogP contribution < -0.4 is 15.4 Å². The van der Waals surface area contributed by atoms with Gasteiger partial charge in [0, 0.05) is 17.6 Å². The third-order valence-corrected chi connectivity index (χ3v) is 6.55. The van der Waals surface area contributed by atoms with Gasteiger partial charge in [0.25, 0.3) is 6.02 Å². The van der Waals surface area contributed by atoms with E-state index in [4.69, 9.17) is 21.1 Å². The number of fused-ring (bicyclic) bond motifs is 1. The lowest BCUT2D eigenvalue weighted by Crippen LogP contribution is -2.42. The highest BCUT2D eigenvalue weighted by atomic mass is 35.5. The summed E-state index contributed by atoms with van der Waals surface area (Å²) in [5.74, 6) is 1.19. The molecule has 0 fully saturated rings. The summed E-state index contributed by atoms with van der Waals surface area (Å²) in [6, 6.07) is 11.5. The number of nitrogens with one attached hydrogen (secondary N) is 2. The summed E-state index contributed by atoms with van der Waals surface area (Å²) in [5.41, 5.74) is 1.68. The van der Waals surface area contributed by atoms with Crippen molar-refractivity contribution < 1.29 is 14.6 Å². The highest BCUT2D eigenvalue weighted by molar-refractivity contribution is 6.32. The second-order valence-electron chi connectivity index (χ2n) is 8.99. The Bertz CT molecular complexity index is 1270. The smallest absolute Gasteiger partial charge is 0.290 e. The average Bonchev–Trinajstić information content (AvgIpc) is 3.26. The number of aliphatic hydroxyl groups excluding tert-OH is 1. The van der Waals surface area contributed by atoms with Crippen LogP contribution in [-0.2, 0) is 11.3 Å². The molecule has 1 aromatic carbocycles. The van der Waals surface area contributed by atoms with Crippen molar-refractivity contribution in [2.75, 3.05) is 11.9 Å². The number of ether oxygens (including phenoxy) is 2. The fraction of sp³-hybridized carbons (Fsp3) is 0.308. The Hall–Kier alpha value is -3.69. The maximum absolute atomic E-state index is 9.97. The van der Waals surface area contributed by atoms with Gasteiger partial charge in [0.2, 0.25) is 0 Å². The summed E-state index contributed by atoms with van der Waals surface area (Å²) in [6.45, 7) is 4.25. The first-order chi connectivity index (χ1) is 17.4. The number of amidine groups is 2. The van der Waals surface area contributed by atoms with Crippen molar-refractivity contribution in [1.29, 1.82) is 0 Å². The van der Waals surface area contributed by atoms with Gasteiger partial charge < -0.3 is 25.2 Å². The topological polar surface area (TPSA) is 113 Å². The highest BCUT2D eigenvalue weighted by Gasteiger charge is 2.38. The molecule has 0 spiro atoms. The fourth-order valence-corrected chi connectivity index (χ4v) is 4.14. The summed E-state index contributed by atoms with van der Waals surface area (Å²) < 4.78 is 11.7. The van der Waals surface area contributed by atoms with Gasteiger partial charge in [-0.05, 0) is 56.3 Å². The van der Waals surface area contributed by atoms with Crippen LogP contribution in [0.4, 0.5) is 5.69 Å². The SMILES string of the molecule is C[C@@H](O)[C@]1(C)CN=C(NC2=CC3C(Nc4ccc(OCc5ccccn5)c(Cl)c4)=NC=NC3C=C2)O1. The van der Waals surface area contributed by atoms with Crippen molar-refractivity contribution in [3.8, 4) is 5.75 Å². The standard InChI is InChI=1S/C26H27ClN6O3/c1-16(34)26(2)14-29-25(36-26)33-17-6-8-22-20(11-17)24(31-15-30-22)32-18-7-9-23(21(27)12-18)35-13-19-5-3-4-10-28-19/h3-12,15-16,20,22,34H,13-14H2,1-2H3,(H,29,33)(H,30,31,32)/t16-,20?,22?,26+/m1/s1. The van der Waals surface area contributed by atoms with E-state index in [1.165, 1.54) is 0 Å². The molecule has 1 aromatic heterocycles. The molecule has 10 heteroatoms. The minimum Gasteiger partial charge on any atom is -0.486 e. The normalized spacial score (nSPS) is 25.2. The van der Waals surface area contributed by atoms with Crippen LogP contribution >= 0.6 is 11.6 Å². The van der Waals surface area contributed by atoms with E-state index in [1.54, 1.807) is 25.5 Å². The number of nitrogens with zero attached hydrogens (tertiary/aromatic N) is 4. The van der Waals surface area contributed by atoms with E-state index >= 15 is 0 Å². The summed E-state index contributed by atoms with van der Waals surface area (Å²) in [4.78, 5) is 17.6. The number of allylic oxidation sites excluding steroid dienone is 1. The van der Waals surface area contributed by atoms with Crippen LogP contribution in [0.5, 0.6) is 5.75 Å². The Kier molecular flexibility index (Phi) is 6.75. The summed E-state index contributed by atoms with van der Waals surface area (Å²) >= 11 is 6.48. The molecule has 186 valence electrons. The first-order valence-corrected chi connectivity index (χ1v) is 12.0. The molecule has 0 bridgehead atoms. The van der Waals surface area contributed by atoms with E-state index in [0.717, 1.165) is 22.9 Å². The van der Waals surface area contributed by atoms with Crippen molar-refractivity contribution >= 4 is 35.5 Å². The lowest BCUT2D eigenvalue weighted by molar-refractivity contribution is -0.0217. The first-order valence-electron chi connectivity index (χ1n) is 11.7. The summed E-state index contributed by atoms with van der Waals surface area (Å²) in [5, 5.41) is 17.0. The third-order valence-electron chi connectivity index (χ3n) is 6.26. The van der Waals surface area contributed by atoms with Gasteiger partial charge in [-0.1, -0.05) is 23.7 Å². The van der Waals surface area contributed by atoms with Gasteiger partial charge in [0.05, 0.1) is 35.3 Å². The fourth-order valence-electron chi connectivity index (χ4n) is 3.91. The molecule has 0 amide bonds. The Morgan fingerprint density at radius 2 is 2.17 bits per heavy atom. The van der Waals surface area contributed by atoms with Crippen LogP contribution in [-0.4, -0.2) is 52.6 Å². The molecule has 2 unspecified atom stereocenters. The van der Waals surface area contributed by atoms with E-state index in [-0.39, 0.29) is 12.0 Å². The van der Waals surface area contributed by atoms with Crippen molar-refractivity contribution in [2.45, 2.75) is 38.2 Å². The molecule has 3 aliphatic rings. The summed E-state index contributed by atoms with van der Waals surface area (Å²) in [6.07, 6.45) is 8.62. The number of aromatic nitrogens is 1. The van der Waals surface area contributed by atoms with Crippen LogP contribution in [0.1, 0.15) is 19.5 Å². The average molecular weight is 507 g/mol. The van der Waals surface area contributed by atoms with E-state index in [1.807, 2.05) is 55.5 Å². The predicted molar refractivity (Wildman–Crippen MR) is 141 cm³/mol. The van der Waals surface area contributed by atoms with Gasteiger partial charge in [-0.3, -0.25) is 9.98 Å². The monoisotopic (exact) mass is 506 g/mol. The molecule has 4 atom stereocenters. The molecule has 36 heavy (non-hydrogen) atoms. The molecule has 3 N–H and O–H groups in total. The molecule has 0 radical (unpaired) electrons. The number of hydrogen-bond acceptors (Lipinski definition) is 9. The minimum absolute atomic E-state index is 0.0823. The van der Waals surface area contributed by atoms with E-state index < -0.39 is 11.7 Å². The molecule has 1 aliphatic carbocycles. The number of rotatable bonds is 6. The number of hydrogen-bond donors (Lipinski definition) is 3. The Morgan fingerprint density at radius 1 is 1.28 bits per heavy atom. The van der Waals surface area contributed by atoms with Gasteiger partial charge in [-0.2, -0.15) is 0 Å². The molecule has 5 rings (SSSR count). The van der Waals surface area contributed by atoms with Gasteiger partial charge in [0.1, 0.15) is 24.5 Å². The molecular weight excluding hydrogens is 480 g/mol. The predicted octanol–water partition coefficient (Wildman–Crippen LogP) is 3.72. The number of aliphatic imine (C=N–C) groups is 3. The van der Waals surface area contributed by atoms with Crippen LogP contribution in [0.25, 0.3) is 0 Å². The number of pyridine rings is 1. The zero-order chi connectivity index (χ0) is 25.1. The zero-order valence-corrected chi connectivity index (χ0v) is 20.7. The second kappa shape index (κ2) is 10.1.